The van der Waals surface area contributed by atoms with Gasteiger partial charge >= 0.3 is 0 Å². The first-order valence-electron chi connectivity index (χ1n) is 10.7. The van der Waals surface area contributed by atoms with Gasteiger partial charge < -0.3 is 10.6 Å². The second-order valence-electron chi connectivity index (χ2n) is 8.18. The molecular formula is C25H18Cl5N5O2. The van der Waals surface area contributed by atoms with Crippen LogP contribution in [0.2, 0.25) is 15.1 Å². The van der Waals surface area contributed by atoms with E-state index in [-0.39, 0.29) is 10.6 Å². The van der Waals surface area contributed by atoms with E-state index in [2.05, 4.69) is 10.6 Å². The van der Waals surface area contributed by atoms with Crippen LogP contribution in [-0.2, 0) is 4.79 Å². The highest BCUT2D eigenvalue weighted by molar-refractivity contribution is 6.53. The Morgan fingerprint density at radius 1 is 0.838 bits per heavy atom. The van der Waals surface area contributed by atoms with E-state index in [1.165, 1.54) is 17.0 Å². The largest absolute Gasteiger partial charge is 0.326 e. The average Bonchev–Trinajstić information content (AvgIpc) is 3.43. The molecule has 2 amide bonds. The van der Waals surface area contributed by atoms with E-state index in [0.29, 0.717) is 32.7 Å². The molecule has 3 aromatic carbocycles. The van der Waals surface area contributed by atoms with Crippen LogP contribution in [0.15, 0.2) is 60.7 Å². The molecule has 0 aromatic heterocycles. The van der Waals surface area contributed by atoms with Crippen molar-refractivity contribution < 1.29 is 9.59 Å². The SMILES string of the molecule is N=CN(C=N)c1ccc(NC(=O)c2cc(NC(=O)C3C(c4cc(Cl)cc(Cl)c4)C3(Cl)Cl)ccc2Cl)cc1. The average molecular weight is 598 g/mol. The Balaban J connectivity index is 1.47. The van der Waals surface area contributed by atoms with E-state index in [1.54, 1.807) is 48.5 Å². The third-order valence-electron chi connectivity index (χ3n) is 5.76. The van der Waals surface area contributed by atoms with Crippen molar-refractivity contribution in [2.45, 2.75) is 10.3 Å². The molecule has 1 saturated carbocycles. The molecule has 4 rings (SSSR count). The van der Waals surface area contributed by atoms with E-state index in [1.807, 2.05) is 0 Å². The first-order chi connectivity index (χ1) is 17.5. The summed E-state index contributed by atoms with van der Waals surface area (Å²) in [6.07, 6.45) is 1.99. The molecule has 12 heteroatoms. The van der Waals surface area contributed by atoms with Crippen LogP contribution in [0.4, 0.5) is 17.1 Å². The van der Waals surface area contributed by atoms with Gasteiger partial charge in [0.25, 0.3) is 5.91 Å². The summed E-state index contributed by atoms with van der Waals surface area (Å²) in [6.45, 7) is 0. The van der Waals surface area contributed by atoms with E-state index in [0.717, 1.165) is 12.7 Å². The van der Waals surface area contributed by atoms with Gasteiger partial charge in [-0.05, 0) is 66.2 Å². The lowest BCUT2D eigenvalue weighted by molar-refractivity contribution is -0.117. The van der Waals surface area contributed by atoms with Crippen molar-refractivity contribution in [1.29, 1.82) is 10.8 Å². The van der Waals surface area contributed by atoms with Gasteiger partial charge in [-0.1, -0.05) is 34.8 Å². The smallest absolute Gasteiger partial charge is 0.257 e. The van der Waals surface area contributed by atoms with Crippen molar-refractivity contribution in [2.75, 3.05) is 15.5 Å². The topological polar surface area (TPSA) is 109 Å². The number of benzene rings is 3. The maximum Gasteiger partial charge on any atom is 0.257 e. The van der Waals surface area contributed by atoms with Crippen molar-refractivity contribution in [1.82, 2.24) is 0 Å². The number of hydrogen-bond acceptors (Lipinski definition) is 4. The molecule has 3 aromatic rings. The Morgan fingerprint density at radius 2 is 1.43 bits per heavy atom. The first kappa shape index (κ1) is 27.2. The zero-order valence-corrected chi connectivity index (χ0v) is 22.5. The Bertz CT molecular complexity index is 1370. The van der Waals surface area contributed by atoms with Gasteiger partial charge in [-0.25, -0.2) is 0 Å². The van der Waals surface area contributed by atoms with Crippen LogP contribution in [0, 0.1) is 16.7 Å². The van der Waals surface area contributed by atoms with Crippen molar-refractivity contribution in [3.63, 3.8) is 0 Å². The molecule has 0 radical (unpaired) electrons. The molecule has 7 nitrogen and oxygen atoms in total. The second kappa shape index (κ2) is 10.9. The van der Waals surface area contributed by atoms with Gasteiger partial charge in [0.15, 0.2) is 0 Å². The molecule has 0 spiro atoms. The third kappa shape index (κ3) is 5.87. The Kier molecular flexibility index (Phi) is 8.02. The van der Waals surface area contributed by atoms with Crippen molar-refractivity contribution in [3.8, 4) is 0 Å². The number of rotatable bonds is 8. The molecule has 0 aliphatic heterocycles. The summed E-state index contributed by atoms with van der Waals surface area (Å²) in [5.41, 5.74) is 2.18. The summed E-state index contributed by atoms with van der Waals surface area (Å²) in [7, 11) is 0. The van der Waals surface area contributed by atoms with Crippen LogP contribution in [-0.4, -0.2) is 28.8 Å². The molecule has 1 aliphatic carbocycles. The monoisotopic (exact) mass is 595 g/mol. The Morgan fingerprint density at radius 3 is 2.03 bits per heavy atom. The maximum atomic E-state index is 13.0. The molecule has 190 valence electrons. The highest BCUT2D eigenvalue weighted by atomic mass is 35.5. The van der Waals surface area contributed by atoms with Gasteiger partial charge in [0.2, 0.25) is 5.91 Å². The molecule has 2 atom stereocenters. The number of amides is 2. The van der Waals surface area contributed by atoms with Crippen LogP contribution < -0.4 is 15.5 Å². The molecule has 4 N–H and O–H groups in total. The lowest BCUT2D eigenvalue weighted by atomic mass is 10.1. The molecular weight excluding hydrogens is 580 g/mol. The van der Waals surface area contributed by atoms with Crippen LogP contribution in [0.3, 0.4) is 0 Å². The van der Waals surface area contributed by atoms with Crippen LogP contribution in [0.1, 0.15) is 21.8 Å². The highest BCUT2D eigenvalue weighted by Crippen LogP contribution is 2.65. The maximum absolute atomic E-state index is 13.0. The molecule has 2 unspecified atom stereocenters. The number of nitrogens with one attached hydrogen (secondary N) is 4. The van der Waals surface area contributed by atoms with Crippen molar-refractivity contribution >= 4 is 99.6 Å². The standard InChI is InChI=1S/C25H18Cl5N5O2/c26-14-7-13(8-15(27)9-14)21-22(25(21,29)30)24(37)34-17-3-6-20(28)19(10-17)23(36)33-16-1-4-18(5-2-16)35(11-31)12-32/h1-12,21-22,31-32H,(H,33,36)(H,34,37). The Labute approximate surface area is 237 Å². The summed E-state index contributed by atoms with van der Waals surface area (Å²) >= 11 is 31.3. The highest BCUT2D eigenvalue weighted by Gasteiger charge is 2.67. The van der Waals surface area contributed by atoms with Gasteiger partial charge in [-0.15, -0.1) is 23.2 Å². The minimum absolute atomic E-state index is 0.140. The molecule has 0 bridgehead atoms. The van der Waals surface area contributed by atoms with Gasteiger partial charge in [-0.3, -0.25) is 25.3 Å². The Hall–Kier alpha value is -2.81. The molecule has 0 heterocycles. The van der Waals surface area contributed by atoms with E-state index in [4.69, 9.17) is 68.8 Å². The fraction of sp³-hybridized carbons (Fsp3) is 0.120. The summed E-state index contributed by atoms with van der Waals surface area (Å²) in [6, 6.07) is 16.0. The van der Waals surface area contributed by atoms with E-state index >= 15 is 0 Å². The lowest BCUT2D eigenvalue weighted by Crippen LogP contribution is -2.18. The molecule has 1 fully saturated rings. The van der Waals surface area contributed by atoms with Gasteiger partial charge in [0, 0.05) is 33.0 Å². The molecule has 37 heavy (non-hydrogen) atoms. The van der Waals surface area contributed by atoms with Crippen molar-refractivity contribution in [2.24, 2.45) is 5.92 Å². The quantitative estimate of drug-likeness (QED) is 0.123. The van der Waals surface area contributed by atoms with Gasteiger partial charge in [0.1, 0.15) is 4.33 Å². The second-order valence-corrected chi connectivity index (χ2v) is 10.9. The minimum atomic E-state index is -1.35. The number of carbonyl (C=O) groups excluding carboxylic acids is 2. The summed E-state index contributed by atoms with van der Waals surface area (Å²) in [4.78, 5) is 27.2. The van der Waals surface area contributed by atoms with Crippen LogP contribution in [0.25, 0.3) is 0 Å². The number of alkyl halides is 2. The van der Waals surface area contributed by atoms with Gasteiger partial charge in [0.05, 0.1) is 29.2 Å². The summed E-state index contributed by atoms with van der Waals surface area (Å²) in [5, 5.41) is 21.1. The van der Waals surface area contributed by atoms with E-state index < -0.39 is 28.0 Å². The predicted octanol–water partition coefficient (Wildman–Crippen LogP) is 7.45. The third-order valence-corrected chi connectivity index (χ3v) is 7.47. The predicted molar refractivity (Wildman–Crippen MR) is 152 cm³/mol. The number of anilines is 3. The summed E-state index contributed by atoms with van der Waals surface area (Å²) in [5.74, 6) is -2.20. The number of nitrogens with zero attached hydrogens (tertiary/aromatic N) is 1. The number of halogens is 5. The molecule has 0 saturated heterocycles. The first-order valence-corrected chi connectivity index (χ1v) is 12.6. The van der Waals surface area contributed by atoms with Crippen LogP contribution in [0.5, 0.6) is 0 Å². The minimum Gasteiger partial charge on any atom is -0.326 e. The fourth-order valence-corrected chi connectivity index (χ4v) is 5.50. The zero-order chi connectivity index (χ0) is 26.9. The van der Waals surface area contributed by atoms with E-state index in [9.17, 15) is 9.59 Å². The lowest BCUT2D eigenvalue weighted by Gasteiger charge is -2.13. The van der Waals surface area contributed by atoms with Crippen molar-refractivity contribution in [3.05, 3.63) is 86.9 Å². The number of hydrogen-bond donors (Lipinski definition) is 4. The fourth-order valence-electron chi connectivity index (χ4n) is 3.92. The summed E-state index contributed by atoms with van der Waals surface area (Å²) < 4.78 is -1.35. The number of carbonyl (C=O) groups is 2. The normalized spacial score (nSPS) is 17.4. The van der Waals surface area contributed by atoms with Crippen LogP contribution >= 0.6 is 58.0 Å². The molecule has 1 aliphatic rings. The zero-order valence-electron chi connectivity index (χ0n) is 18.7. The van der Waals surface area contributed by atoms with Gasteiger partial charge in [-0.2, -0.15) is 0 Å².